The molecule has 44 valence electrons. The molecule has 0 heterocycles. The van der Waals surface area contributed by atoms with Crippen LogP contribution >= 0.6 is 11.6 Å². The molecule has 0 aliphatic rings. The van der Waals surface area contributed by atoms with Crippen LogP contribution in [0.2, 0.25) is 0 Å². The third-order valence-electron chi connectivity index (χ3n) is 0.529. The summed E-state index contributed by atoms with van der Waals surface area (Å²) in [6, 6.07) is 0. The van der Waals surface area contributed by atoms with Crippen LogP contribution in [0.1, 0.15) is 0 Å². The summed E-state index contributed by atoms with van der Waals surface area (Å²) in [5.74, 6) is 0. The summed E-state index contributed by atoms with van der Waals surface area (Å²) < 4.78 is 0. The van der Waals surface area contributed by atoms with Crippen LogP contribution in [0.4, 0.5) is 0 Å². The Morgan fingerprint density at radius 3 is 2.38 bits per heavy atom. The number of hydrogen-bond donors (Lipinski definition) is 2. The van der Waals surface area contributed by atoms with Crippen molar-refractivity contribution in [1.29, 1.82) is 5.41 Å². The monoisotopic (exact) mass is 132 g/mol. The van der Waals surface area contributed by atoms with Crippen molar-refractivity contribution in [2.24, 2.45) is 5.73 Å². The van der Waals surface area contributed by atoms with Crippen molar-refractivity contribution < 1.29 is 4.79 Å². The number of halogens is 1. The van der Waals surface area contributed by atoms with Crippen molar-refractivity contribution in [2.45, 2.75) is 0 Å². The first-order valence-corrected chi connectivity index (χ1v) is 2.21. The fourth-order valence-corrected chi connectivity index (χ4v) is 0.184. The lowest BCUT2D eigenvalue weighted by molar-refractivity contribution is -0.104. The van der Waals surface area contributed by atoms with E-state index in [4.69, 9.17) is 22.7 Å². The van der Waals surface area contributed by atoms with Crippen LogP contribution in [0, 0.1) is 5.41 Å². The summed E-state index contributed by atoms with van der Waals surface area (Å²) in [5, 5.41) is 6.46. The van der Waals surface area contributed by atoms with Crippen molar-refractivity contribution >= 4 is 24.1 Å². The van der Waals surface area contributed by atoms with Crippen molar-refractivity contribution in [3.63, 3.8) is 0 Å². The van der Waals surface area contributed by atoms with Gasteiger partial charge in [0.1, 0.15) is 0 Å². The number of carbonyl (C=O) groups is 1. The van der Waals surface area contributed by atoms with Crippen LogP contribution in [0.5, 0.6) is 0 Å². The first-order valence-electron chi connectivity index (χ1n) is 1.83. The third kappa shape index (κ3) is 1.75. The van der Waals surface area contributed by atoms with Crippen LogP contribution in [0.25, 0.3) is 0 Å². The topological polar surface area (TPSA) is 66.9 Å². The van der Waals surface area contributed by atoms with E-state index >= 15 is 0 Å². The van der Waals surface area contributed by atoms with Crippen molar-refractivity contribution in [2.75, 3.05) is 0 Å². The van der Waals surface area contributed by atoms with Gasteiger partial charge in [-0.1, -0.05) is 11.6 Å². The minimum absolute atomic E-state index is 0.0278. The standard InChI is InChI=1S/C4H5ClN2O/c5-3(1-6)4(7)2-8/h1-2,6H,7H2. The molecule has 0 rings (SSSR count). The SMILES string of the molecule is N=CC(Cl)=C(N)C=O. The number of allylic oxidation sites excluding steroid dienone is 2. The van der Waals surface area contributed by atoms with Gasteiger partial charge in [-0.05, 0) is 0 Å². The molecule has 0 bridgehead atoms. The maximum Gasteiger partial charge on any atom is 0.167 e. The Kier molecular flexibility index (Phi) is 2.88. The van der Waals surface area contributed by atoms with Gasteiger partial charge in [0.15, 0.2) is 6.29 Å². The summed E-state index contributed by atoms with van der Waals surface area (Å²) in [4.78, 5) is 9.73. The maximum absolute atomic E-state index is 9.73. The fraction of sp³-hybridized carbons (Fsp3) is 0. The highest BCUT2D eigenvalue weighted by atomic mass is 35.5. The van der Waals surface area contributed by atoms with E-state index in [0.717, 1.165) is 6.21 Å². The quantitative estimate of drug-likeness (QED) is 0.321. The number of nitrogens with one attached hydrogen (secondary N) is 1. The smallest absolute Gasteiger partial charge is 0.167 e. The van der Waals surface area contributed by atoms with Gasteiger partial charge in [0, 0.05) is 6.21 Å². The fourth-order valence-electron chi connectivity index (χ4n) is 0.140. The van der Waals surface area contributed by atoms with E-state index in [0.29, 0.717) is 6.29 Å². The van der Waals surface area contributed by atoms with E-state index in [1.165, 1.54) is 0 Å². The molecule has 0 saturated heterocycles. The first-order chi connectivity index (χ1) is 3.72. The molecule has 0 atom stereocenters. The normalized spacial score (nSPS) is 12.1. The zero-order valence-electron chi connectivity index (χ0n) is 4.02. The van der Waals surface area contributed by atoms with Gasteiger partial charge in [-0.25, -0.2) is 0 Å². The molecule has 0 aromatic carbocycles. The second-order valence-electron chi connectivity index (χ2n) is 1.07. The average molecular weight is 133 g/mol. The van der Waals surface area contributed by atoms with Crippen LogP contribution in [0.15, 0.2) is 10.7 Å². The van der Waals surface area contributed by atoms with E-state index in [1.807, 2.05) is 0 Å². The van der Waals surface area contributed by atoms with E-state index in [-0.39, 0.29) is 10.7 Å². The zero-order valence-corrected chi connectivity index (χ0v) is 4.77. The molecule has 0 saturated carbocycles. The van der Waals surface area contributed by atoms with Crippen molar-refractivity contribution in [3.8, 4) is 0 Å². The molecular weight excluding hydrogens is 128 g/mol. The van der Waals surface area contributed by atoms with Gasteiger partial charge in [0.25, 0.3) is 0 Å². The molecule has 0 unspecified atom stereocenters. The second kappa shape index (κ2) is 3.21. The molecule has 0 fully saturated rings. The Labute approximate surface area is 51.6 Å². The highest BCUT2D eigenvalue weighted by Crippen LogP contribution is 1.96. The van der Waals surface area contributed by atoms with E-state index in [1.54, 1.807) is 0 Å². The Morgan fingerprint density at radius 2 is 2.25 bits per heavy atom. The first kappa shape index (κ1) is 7.17. The summed E-state index contributed by atoms with van der Waals surface area (Å²) in [7, 11) is 0. The summed E-state index contributed by atoms with van der Waals surface area (Å²) >= 11 is 5.20. The Morgan fingerprint density at radius 1 is 1.75 bits per heavy atom. The van der Waals surface area contributed by atoms with Gasteiger partial charge in [-0.3, -0.25) is 4.79 Å². The minimum atomic E-state index is -0.110. The molecule has 0 aliphatic heterocycles. The molecule has 0 spiro atoms. The minimum Gasteiger partial charge on any atom is -0.395 e. The summed E-state index contributed by atoms with van der Waals surface area (Å²) in [5.41, 5.74) is 4.85. The predicted molar refractivity (Wildman–Crippen MR) is 31.9 cm³/mol. The average Bonchev–Trinajstić information content (AvgIpc) is 1.84. The molecule has 0 amide bonds. The highest BCUT2D eigenvalue weighted by molar-refractivity contribution is 6.40. The van der Waals surface area contributed by atoms with Crippen LogP contribution in [-0.4, -0.2) is 12.5 Å². The number of nitrogens with two attached hydrogens (primary N) is 1. The molecule has 0 radical (unpaired) electrons. The molecule has 0 aliphatic carbocycles. The third-order valence-corrected chi connectivity index (χ3v) is 0.857. The van der Waals surface area contributed by atoms with Crippen molar-refractivity contribution in [3.05, 3.63) is 10.7 Å². The molecule has 3 nitrogen and oxygen atoms in total. The Bertz CT molecular complexity index is 125. The van der Waals surface area contributed by atoms with Gasteiger partial charge in [-0.15, -0.1) is 0 Å². The number of aldehydes is 1. The van der Waals surface area contributed by atoms with E-state index in [2.05, 4.69) is 0 Å². The highest BCUT2D eigenvalue weighted by Gasteiger charge is 1.91. The number of rotatable bonds is 2. The zero-order chi connectivity index (χ0) is 6.57. The number of hydrogen-bond acceptors (Lipinski definition) is 3. The van der Waals surface area contributed by atoms with Gasteiger partial charge >= 0.3 is 0 Å². The lowest BCUT2D eigenvalue weighted by Gasteiger charge is -1.85. The molecule has 3 N–H and O–H groups in total. The largest absolute Gasteiger partial charge is 0.395 e. The predicted octanol–water partition coefficient (Wildman–Crippen LogP) is 0.244. The molecular formula is C4H5ClN2O. The van der Waals surface area contributed by atoms with Crippen LogP contribution in [-0.2, 0) is 4.79 Å². The maximum atomic E-state index is 9.73. The summed E-state index contributed by atoms with van der Waals surface area (Å²) in [6.07, 6.45) is 1.21. The van der Waals surface area contributed by atoms with Crippen molar-refractivity contribution in [1.82, 2.24) is 0 Å². The van der Waals surface area contributed by atoms with Crippen LogP contribution in [0.3, 0.4) is 0 Å². The Balaban J connectivity index is 4.25. The van der Waals surface area contributed by atoms with Gasteiger partial charge in [0.05, 0.1) is 10.7 Å². The van der Waals surface area contributed by atoms with Crippen LogP contribution < -0.4 is 5.73 Å². The molecule has 0 aromatic rings. The lowest BCUT2D eigenvalue weighted by Crippen LogP contribution is -2.00. The van der Waals surface area contributed by atoms with E-state index < -0.39 is 0 Å². The second-order valence-corrected chi connectivity index (χ2v) is 1.47. The van der Waals surface area contributed by atoms with Gasteiger partial charge in [-0.2, -0.15) is 0 Å². The summed E-state index contributed by atoms with van der Waals surface area (Å²) in [6.45, 7) is 0. The number of carbonyl (C=O) groups excluding carboxylic acids is 1. The van der Waals surface area contributed by atoms with E-state index in [9.17, 15) is 4.79 Å². The lowest BCUT2D eigenvalue weighted by atomic mass is 10.4. The Hall–Kier alpha value is -0.830. The molecule has 0 aromatic heterocycles. The van der Waals surface area contributed by atoms with Gasteiger partial charge in [0.2, 0.25) is 0 Å². The molecule has 8 heavy (non-hydrogen) atoms. The van der Waals surface area contributed by atoms with Gasteiger partial charge < -0.3 is 11.1 Å². The molecule has 4 heteroatoms.